The Morgan fingerprint density at radius 3 is 1.29 bits per heavy atom. The Morgan fingerprint density at radius 2 is 0.929 bits per heavy atom. The number of phenols is 3. The van der Waals surface area contributed by atoms with Crippen LogP contribution in [0.2, 0.25) is 0 Å². The quantitative estimate of drug-likeness (QED) is 0.338. The van der Waals surface area contributed by atoms with E-state index in [2.05, 4.69) is 0 Å². The third kappa shape index (κ3) is 9.60. The van der Waals surface area contributed by atoms with Crippen molar-refractivity contribution >= 4 is 23.5 Å². The second-order valence-electron chi connectivity index (χ2n) is 5.63. The minimum absolute atomic E-state index is 0.293. The lowest BCUT2D eigenvalue weighted by atomic mass is 10.3. The fraction of sp³-hybridized carbons (Fsp3) is 0.182. The summed E-state index contributed by atoms with van der Waals surface area (Å²) in [7, 11) is 0. The summed E-state index contributed by atoms with van der Waals surface area (Å²) < 4.78 is 5.58. The number of para-hydroxylation sites is 1. The van der Waals surface area contributed by atoms with Crippen LogP contribution in [-0.4, -0.2) is 40.0 Å². The van der Waals surface area contributed by atoms with Gasteiger partial charge in [-0.2, -0.15) is 0 Å². The zero-order valence-corrected chi connectivity index (χ0v) is 17.0. The molecule has 0 unspecified atom stereocenters. The lowest BCUT2D eigenvalue weighted by molar-refractivity contribution is 0.167. The first-order valence-electron chi connectivity index (χ1n) is 8.79. The number of thioether (sulfide) groups is 2. The summed E-state index contributed by atoms with van der Waals surface area (Å²) in [5.74, 6) is 2.70. The van der Waals surface area contributed by atoms with Crippen LogP contribution in [0.15, 0.2) is 88.7 Å². The van der Waals surface area contributed by atoms with Crippen LogP contribution in [0.5, 0.6) is 17.2 Å². The number of benzene rings is 3. The third-order valence-electron chi connectivity index (χ3n) is 3.42. The summed E-state index contributed by atoms with van der Waals surface area (Å²) in [4.78, 5) is 2.27. The summed E-state index contributed by atoms with van der Waals surface area (Å²) >= 11 is 3.43. The zero-order valence-electron chi connectivity index (χ0n) is 15.4. The molecule has 148 valence electrons. The Balaban J connectivity index is 0.000000336. The first kappa shape index (κ1) is 22.0. The van der Waals surface area contributed by atoms with Crippen LogP contribution in [0.1, 0.15) is 0 Å². The molecule has 3 aromatic rings. The van der Waals surface area contributed by atoms with Gasteiger partial charge in [0.15, 0.2) is 0 Å². The minimum Gasteiger partial charge on any atom is -0.508 e. The molecule has 0 aliphatic heterocycles. The molecular formula is C22H24O4S2. The Kier molecular flexibility index (Phi) is 10.2. The maximum Gasteiger partial charge on any atom is 0.115 e. The normalized spacial score (nSPS) is 10.1. The summed E-state index contributed by atoms with van der Waals surface area (Å²) in [6.45, 7) is 1.42. The number of ether oxygens (including phenoxy) is 1. The van der Waals surface area contributed by atoms with Crippen molar-refractivity contribution in [3.63, 3.8) is 0 Å². The molecule has 3 N–H and O–H groups in total. The fourth-order valence-corrected chi connectivity index (χ4v) is 3.58. The first-order valence-corrected chi connectivity index (χ1v) is 10.8. The highest BCUT2D eigenvalue weighted by Gasteiger charge is 1.97. The van der Waals surface area contributed by atoms with Crippen LogP contribution in [0.3, 0.4) is 0 Å². The zero-order chi connectivity index (χ0) is 20.0. The predicted octanol–water partition coefficient (Wildman–Crippen LogP) is 5.39. The van der Waals surface area contributed by atoms with E-state index in [1.807, 2.05) is 30.3 Å². The topological polar surface area (TPSA) is 69.9 Å². The Morgan fingerprint density at radius 1 is 0.536 bits per heavy atom. The molecular weight excluding hydrogens is 392 g/mol. The highest BCUT2D eigenvalue weighted by atomic mass is 32.2. The van der Waals surface area contributed by atoms with Crippen molar-refractivity contribution in [2.45, 2.75) is 9.79 Å². The molecule has 0 aromatic heterocycles. The molecule has 0 radical (unpaired) electrons. The van der Waals surface area contributed by atoms with Crippen molar-refractivity contribution in [1.82, 2.24) is 0 Å². The smallest absolute Gasteiger partial charge is 0.115 e. The summed E-state index contributed by atoms with van der Waals surface area (Å²) in [6, 6.07) is 23.1. The van der Waals surface area contributed by atoms with E-state index in [4.69, 9.17) is 9.84 Å². The van der Waals surface area contributed by atoms with E-state index in [9.17, 15) is 10.2 Å². The standard InChI is InChI=1S/C16H18O3S2.C6H6O/c17-13-1-5-15(6-2-13)20-11-9-19-10-12-21-16-7-3-14(18)4-8-16;7-6-4-2-1-3-5-6/h1-8,17-18H,9-12H2;1-5,7H. The van der Waals surface area contributed by atoms with Gasteiger partial charge in [0.05, 0.1) is 13.2 Å². The van der Waals surface area contributed by atoms with Gasteiger partial charge in [-0.05, 0) is 60.7 Å². The SMILES string of the molecule is Oc1ccc(SCCOCCSc2ccc(O)cc2)cc1.Oc1ccccc1. The van der Waals surface area contributed by atoms with Gasteiger partial charge in [-0.25, -0.2) is 0 Å². The van der Waals surface area contributed by atoms with Gasteiger partial charge >= 0.3 is 0 Å². The molecule has 0 atom stereocenters. The van der Waals surface area contributed by atoms with E-state index < -0.39 is 0 Å². The Hall–Kier alpha value is -2.28. The van der Waals surface area contributed by atoms with Gasteiger partial charge < -0.3 is 20.1 Å². The number of phenolic OH excluding ortho intramolecular Hbond substituents is 3. The first-order chi connectivity index (χ1) is 13.6. The average molecular weight is 417 g/mol. The highest BCUT2D eigenvalue weighted by Crippen LogP contribution is 2.21. The number of rotatable bonds is 8. The van der Waals surface area contributed by atoms with E-state index >= 15 is 0 Å². The molecule has 6 heteroatoms. The fourth-order valence-electron chi connectivity index (χ4n) is 2.05. The molecule has 28 heavy (non-hydrogen) atoms. The third-order valence-corrected chi connectivity index (χ3v) is 5.38. The van der Waals surface area contributed by atoms with Gasteiger partial charge in [0.1, 0.15) is 17.2 Å². The minimum atomic E-state index is 0.293. The Labute approximate surface area is 174 Å². The van der Waals surface area contributed by atoms with Crippen LogP contribution >= 0.6 is 23.5 Å². The molecule has 3 rings (SSSR count). The molecule has 0 aliphatic rings. The summed E-state index contributed by atoms with van der Waals surface area (Å²) in [5.41, 5.74) is 0. The van der Waals surface area contributed by atoms with Crippen molar-refractivity contribution in [2.75, 3.05) is 24.7 Å². The van der Waals surface area contributed by atoms with Gasteiger partial charge in [0.25, 0.3) is 0 Å². The van der Waals surface area contributed by atoms with E-state index in [1.165, 1.54) is 0 Å². The predicted molar refractivity (Wildman–Crippen MR) is 117 cm³/mol. The van der Waals surface area contributed by atoms with Gasteiger partial charge in [0, 0.05) is 21.3 Å². The molecule has 3 aromatic carbocycles. The van der Waals surface area contributed by atoms with E-state index in [-0.39, 0.29) is 0 Å². The molecule has 0 saturated heterocycles. The monoisotopic (exact) mass is 416 g/mol. The van der Waals surface area contributed by atoms with E-state index in [1.54, 1.807) is 72.1 Å². The molecule has 0 saturated carbocycles. The lowest BCUT2D eigenvalue weighted by Crippen LogP contribution is -2.01. The van der Waals surface area contributed by atoms with E-state index in [0.717, 1.165) is 21.3 Å². The maximum absolute atomic E-state index is 9.18. The molecule has 0 fully saturated rings. The van der Waals surface area contributed by atoms with Crippen LogP contribution in [-0.2, 0) is 4.74 Å². The van der Waals surface area contributed by atoms with Gasteiger partial charge in [0.2, 0.25) is 0 Å². The van der Waals surface area contributed by atoms with Crippen molar-refractivity contribution in [3.05, 3.63) is 78.9 Å². The van der Waals surface area contributed by atoms with Gasteiger partial charge in [-0.1, -0.05) is 18.2 Å². The van der Waals surface area contributed by atoms with Crippen molar-refractivity contribution in [2.24, 2.45) is 0 Å². The maximum atomic E-state index is 9.18. The van der Waals surface area contributed by atoms with Crippen molar-refractivity contribution in [1.29, 1.82) is 0 Å². The molecule has 0 spiro atoms. The van der Waals surface area contributed by atoms with Gasteiger partial charge in [-0.3, -0.25) is 0 Å². The van der Waals surface area contributed by atoms with Crippen molar-refractivity contribution in [3.8, 4) is 17.2 Å². The highest BCUT2D eigenvalue weighted by molar-refractivity contribution is 7.99. The Bertz CT molecular complexity index is 728. The van der Waals surface area contributed by atoms with Crippen LogP contribution in [0, 0.1) is 0 Å². The lowest BCUT2D eigenvalue weighted by Gasteiger charge is -2.05. The number of hydrogen-bond acceptors (Lipinski definition) is 6. The largest absolute Gasteiger partial charge is 0.508 e. The number of aromatic hydroxyl groups is 3. The average Bonchev–Trinajstić information content (AvgIpc) is 2.71. The van der Waals surface area contributed by atoms with Crippen LogP contribution in [0.25, 0.3) is 0 Å². The van der Waals surface area contributed by atoms with Gasteiger partial charge in [-0.15, -0.1) is 23.5 Å². The molecule has 0 amide bonds. The number of hydrogen-bond donors (Lipinski definition) is 3. The second kappa shape index (κ2) is 13.0. The summed E-state index contributed by atoms with van der Waals surface area (Å²) in [6.07, 6.45) is 0. The second-order valence-corrected chi connectivity index (χ2v) is 7.97. The van der Waals surface area contributed by atoms with E-state index in [0.29, 0.717) is 30.5 Å². The molecule has 0 heterocycles. The molecule has 0 aliphatic carbocycles. The van der Waals surface area contributed by atoms with Crippen molar-refractivity contribution < 1.29 is 20.1 Å². The molecule has 0 bridgehead atoms. The molecule has 4 nitrogen and oxygen atoms in total. The van der Waals surface area contributed by atoms with Crippen LogP contribution in [0.4, 0.5) is 0 Å². The summed E-state index contributed by atoms with van der Waals surface area (Å²) in [5, 5.41) is 27.0. The van der Waals surface area contributed by atoms with Crippen LogP contribution < -0.4 is 0 Å².